The number of hydrogen-bond acceptors (Lipinski definition) is 5. The van der Waals surface area contributed by atoms with Crippen molar-refractivity contribution in [2.75, 3.05) is 33.9 Å². The first-order valence-corrected chi connectivity index (χ1v) is 6.95. The molecule has 1 heterocycles. The summed E-state index contributed by atoms with van der Waals surface area (Å²) in [6.45, 7) is 10.8. The average Bonchev–Trinajstić information content (AvgIpc) is 2.33. The van der Waals surface area contributed by atoms with Crippen LogP contribution in [0.15, 0.2) is 0 Å². The largest absolute Gasteiger partial charge is 0.370 e. The Labute approximate surface area is 117 Å². The summed E-state index contributed by atoms with van der Waals surface area (Å²) in [6.07, 6.45) is 0.729. The molecule has 114 valence electrons. The summed E-state index contributed by atoms with van der Waals surface area (Å²) >= 11 is 0. The zero-order valence-corrected chi connectivity index (χ0v) is 13.2. The summed E-state index contributed by atoms with van der Waals surface area (Å²) in [7, 11) is 3.33. The smallest absolute Gasteiger partial charge is 0.158 e. The average molecular weight is 274 g/mol. The van der Waals surface area contributed by atoms with Gasteiger partial charge in [0, 0.05) is 45.8 Å². The number of rotatable bonds is 6. The molecular formula is C14H30N2O3. The Kier molecular flexibility index (Phi) is 5.77. The molecule has 0 aliphatic carbocycles. The van der Waals surface area contributed by atoms with Crippen LogP contribution < -0.4 is 5.73 Å². The summed E-state index contributed by atoms with van der Waals surface area (Å²) in [5.41, 5.74) is 5.74. The maximum atomic E-state index is 6.04. The van der Waals surface area contributed by atoms with Crippen molar-refractivity contribution in [2.45, 2.75) is 57.6 Å². The van der Waals surface area contributed by atoms with Gasteiger partial charge in [-0.1, -0.05) is 0 Å². The molecular weight excluding hydrogens is 244 g/mol. The number of hydrogen-bond donors (Lipinski definition) is 1. The van der Waals surface area contributed by atoms with Gasteiger partial charge in [-0.3, -0.25) is 4.90 Å². The second-order valence-electron chi connectivity index (χ2n) is 6.37. The Morgan fingerprint density at radius 1 is 1.42 bits per heavy atom. The Bertz CT molecular complexity index is 282. The molecule has 0 radical (unpaired) electrons. The molecule has 1 saturated heterocycles. The molecule has 1 fully saturated rings. The van der Waals surface area contributed by atoms with Crippen LogP contribution in [-0.2, 0) is 14.2 Å². The van der Waals surface area contributed by atoms with Gasteiger partial charge in [-0.15, -0.1) is 0 Å². The molecule has 0 amide bonds. The molecule has 19 heavy (non-hydrogen) atoms. The maximum Gasteiger partial charge on any atom is 0.158 e. The second kappa shape index (κ2) is 6.50. The van der Waals surface area contributed by atoms with E-state index in [-0.39, 0.29) is 23.5 Å². The van der Waals surface area contributed by atoms with Gasteiger partial charge >= 0.3 is 0 Å². The summed E-state index contributed by atoms with van der Waals surface area (Å²) in [5.74, 6) is 0. The molecule has 0 bridgehead atoms. The van der Waals surface area contributed by atoms with E-state index < -0.39 is 0 Å². The summed E-state index contributed by atoms with van der Waals surface area (Å²) < 4.78 is 16.6. The molecule has 0 aromatic carbocycles. The molecule has 0 spiro atoms. The van der Waals surface area contributed by atoms with E-state index >= 15 is 0 Å². The Morgan fingerprint density at radius 2 is 2.00 bits per heavy atom. The van der Waals surface area contributed by atoms with Crippen LogP contribution in [0.5, 0.6) is 0 Å². The maximum absolute atomic E-state index is 6.04. The number of ether oxygens (including phenoxy) is 3. The minimum Gasteiger partial charge on any atom is -0.370 e. The van der Waals surface area contributed by atoms with Gasteiger partial charge in [0.1, 0.15) is 0 Å². The van der Waals surface area contributed by atoms with Crippen LogP contribution in [-0.4, -0.2) is 62.3 Å². The normalized spacial score (nSPS) is 27.5. The van der Waals surface area contributed by atoms with Gasteiger partial charge in [0.25, 0.3) is 0 Å². The van der Waals surface area contributed by atoms with E-state index in [2.05, 4.69) is 32.6 Å². The predicted molar refractivity (Wildman–Crippen MR) is 76.1 cm³/mol. The van der Waals surface area contributed by atoms with Crippen molar-refractivity contribution in [3.8, 4) is 0 Å². The fourth-order valence-electron chi connectivity index (χ4n) is 2.83. The van der Waals surface area contributed by atoms with E-state index in [1.807, 2.05) is 0 Å². The molecule has 2 N–H and O–H groups in total. The highest BCUT2D eigenvalue weighted by molar-refractivity contribution is 4.95. The topological polar surface area (TPSA) is 57.0 Å². The molecule has 2 unspecified atom stereocenters. The Balaban J connectivity index is 2.82. The molecule has 0 aromatic heterocycles. The minimum atomic E-state index is -0.227. The van der Waals surface area contributed by atoms with Crippen LogP contribution in [0.25, 0.3) is 0 Å². The second-order valence-corrected chi connectivity index (χ2v) is 6.37. The monoisotopic (exact) mass is 274 g/mol. The van der Waals surface area contributed by atoms with Gasteiger partial charge in [0.2, 0.25) is 0 Å². The molecule has 5 heteroatoms. The van der Waals surface area contributed by atoms with Gasteiger partial charge in [-0.25, -0.2) is 0 Å². The van der Waals surface area contributed by atoms with Crippen molar-refractivity contribution >= 4 is 0 Å². The standard InChI is InChI=1S/C14H30N2O3/c1-11-8-16(10-13(2,3)19-11)14(4,9-15)7-12(17-5)18-6/h11-12H,7-10,15H2,1-6H3. The van der Waals surface area contributed by atoms with Crippen LogP contribution in [0, 0.1) is 0 Å². The highest BCUT2D eigenvalue weighted by Crippen LogP contribution is 2.29. The number of nitrogens with two attached hydrogens (primary N) is 1. The van der Waals surface area contributed by atoms with Crippen molar-refractivity contribution in [1.82, 2.24) is 4.90 Å². The molecule has 1 aliphatic rings. The van der Waals surface area contributed by atoms with E-state index in [1.54, 1.807) is 14.2 Å². The lowest BCUT2D eigenvalue weighted by Crippen LogP contribution is -2.63. The van der Waals surface area contributed by atoms with Crippen molar-refractivity contribution in [1.29, 1.82) is 0 Å². The van der Waals surface area contributed by atoms with E-state index in [1.165, 1.54) is 0 Å². The number of morpholine rings is 1. The highest BCUT2D eigenvalue weighted by atomic mass is 16.7. The van der Waals surface area contributed by atoms with E-state index in [0.717, 1.165) is 19.5 Å². The lowest BCUT2D eigenvalue weighted by Gasteiger charge is -2.50. The van der Waals surface area contributed by atoms with Crippen molar-refractivity contribution in [2.24, 2.45) is 5.73 Å². The van der Waals surface area contributed by atoms with Gasteiger partial charge < -0.3 is 19.9 Å². The summed E-state index contributed by atoms with van der Waals surface area (Å²) in [5, 5.41) is 0. The molecule has 1 aliphatic heterocycles. The summed E-state index contributed by atoms with van der Waals surface area (Å²) in [4.78, 5) is 2.41. The molecule has 5 nitrogen and oxygen atoms in total. The fraction of sp³-hybridized carbons (Fsp3) is 1.00. The third-order valence-electron chi connectivity index (χ3n) is 3.90. The van der Waals surface area contributed by atoms with Crippen LogP contribution >= 0.6 is 0 Å². The molecule has 2 atom stereocenters. The minimum absolute atomic E-state index is 0.147. The molecule has 0 saturated carbocycles. The van der Waals surface area contributed by atoms with Crippen LogP contribution in [0.4, 0.5) is 0 Å². The van der Waals surface area contributed by atoms with Gasteiger partial charge in [-0.05, 0) is 27.7 Å². The van der Waals surface area contributed by atoms with Crippen molar-refractivity contribution in [3.63, 3.8) is 0 Å². The summed E-state index contributed by atoms with van der Waals surface area (Å²) in [6, 6.07) is 0. The third-order valence-corrected chi connectivity index (χ3v) is 3.90. The predicted octanol–water partition coefficient (Wildman–Crippen LogP) is 1.21. The molecule has 1 rings (SSSR count). The lowest BCUT2D eigenvalue weighted by atomic mass is 9.91. The third kappa shape index (κ3) is 4.39. The van der Waals surface area contributed by atoms with E-state index in [9.17, 15) is 0 Å². The quantitative estimate of drug-likeness (QED) is 0.738. The van der Waals surface area contributed by atoms with Crippen molar-refractivity contribution < 1.29 is 14.2 Å². The number of methoxy groups -OCH3 is 2. The first kappa shape index (κ1) is 16.9. The first-order chi connectivity index (χ1) is 8.76. The Morgan fingerprint density at radius 3 is 2.42 bits per heavy atom. The van der Waals surface area contributed by atoms with E-state index in [0.29, 0.717) is 6.54 Å². The van der Waals surface area contributed by atoms with E-state index in [4.69, 9.17) is 19.9 Å². The van der Waals surface area contributed by atoms with Crippen molar-refractivity contribution in [3.05, 3.63) is 0 Å². The van der Waals surface area contributed by atoms with Crippen LogP contribution in [0.1, 0.15) is 34.1 Å². The zero-order chi connectivity index (χ0) is 14.7. The number of nitrogens with zero attached hydrogens (tertiary/aromatic N) is 1. The first-order valence-electron chi connectivity index (χ1n) is 6.95. The van der Waals surface area contributed by atoms with Gasteiger partial charge in [0.15, 0.2) is 6.29 Å². The fourth-order valence-corrected chi connectivity index (χ4v) is 2.83. The molecule has 0 aromatic rings. The zero-order valence-electron chi connectivity index (χ0n) is 13.2. The Hall–Kier alpha value is -0.200. The van der Waals surface area contributed by atoms with Crippen LogP contribution in [0.2, 0.25) is 0 Å². The van der Waals surface area contributed by atoms with Crippen LogP contribution in [0.3, 0.4) is 0 Å². The lowest BCUT2D eigenvalue weighted by molar-refractivity contribution is -0.172. The highest BCUT2D eigenvalue weighted by Gasteiger charge is 2.41. The van der Waals surface area contributed by atoms with Gasteiger partial charge in [0.05, 0.1) is 11.7 Å². The SMILES string of the molecule is COC(CC(C)(CN)N1CC(C)OC(C)(C)C1)OC. The van der Waals surface area contributed by atoms with Gasteiger partial charge in [-0.2, -0.15) is 0 Å².